The van der Waals surface area contributed by atoms with Gasteiger partial charge < -0.3 is 9.64 Å². The van der Waals surface area contributed by atoms with E-state index in [1.54, 1.807) is 31.0 Å². The molecule has 2 aliphatic rings. The van der Waals surface area contributed by atoms with Crippen LogP contribution in [0.5, 0.6) is 0 Å². The highest BCUT2D eigenvalue weighted by Crippen LogP contribution is 2.30. The molecule has 3 rings (SSSR count). The number of hydrogen-bond donors (Lipinski definition) is 0. The SMILES string of the molecule is Cc1ccc(C(=O)N(C)CC2CC2)cc1S(=O)(=O)N1CCOCC1. The molecule has 0 spiro atoms. The van der Waals surface area contributed by atoms with E-state index in [0.717, 1.165) is 6.54 Å². The van der Waals surface area contributed by atoms with Crippen LogP contribution in [0, 0.1) is 12.8 Å². The van der Waals surface area contributed by atoms with Gasteiger partial charge in [-0.15, -0.1) is 0 Å². The van der Waals surface area contributed by atoms with Crippen molar-refractivity contribution in [1.29, 1.82) is 0 Å². The first kappa shape index (κ1) is 17.4. The van der Waals surface area contributed by atoms with E-state index in [-0.39, 0.29) is 10.8 Å². The quantitative estimate of drug-likeness (QED) is 0.805. The molecule has 0 bridgehead atoms. The van der Waals surface area contributed by atoms with Gasteiger partial charge in [0, 0.05) is 32.2 Å². The second-order valence-corrected chi connectivity index (χ2v) is 8.53. The number of carbonyl (C=O) groups excluding carboxylic acids is 1. The van der Waals surface area contributed by atoms with Crippen LogP contribution in [-0.2, 0) is 14.8 Å². The highest BCUT2D eigenvalue weighted by molar-refractivity contribution is 7.89. The average Bonchev–Trinajstić information content (AvgIpc) is 3.39. The van der Waals surface area contributed by atoms with E-state index in [0.29, 0.717) is 43.3 Å². The number of morpholine rings is 1. The van der Waals surface area contributed by atoms with Crippen molar-refractivity contribution in [1.82, 2.24) is 9.21 Å². The molecule has 0 aromatic heterocycles. The van der Waals surface area contributed by atoms with Crippen molar-refractivity contribution in [2.24, 2.45) is 5.92 Å². The van der Waals surface area contributed by atoms with Crippen LogP contribution in [0.2, 0.25) is 0 Å². The molecule has 2 fully saturated rings. The van der Waals surface area contributed by atoms with Crippen molar-refractivity contribution in [3.8, 4) is 0 Å². The van der Waals surface area contributed by atoms with Gasteiger partial charge >= 0.3 is 0 Å². The monoisotopic (exact) mass is 352 g/mol. The van der Waals surface area contributed by atoms with Crippen LogP contribution in [0.15, 0.2) is 23.1 Å². The van der Waals surface area contributed by atoms with Crippen LogP contribution in [0.3, 0.4) is 0 Å². The Bertz CT molecular complexity index is 722. The van der Waals surface area contributed by atoms with Crippen LogP contribution in [0.4, 0.5) is 0 Å². The summed E-state index contributed by atoms with van der Waals surface area (Å²) in [6.07, 6.45) is 2.34. The molecule has 1 saturated carbocycles. The van der Waals surface area contributed by atoms with Crippen LogP contribution >= 0.6 is 0 Å². The Hall–Kier alpha value is -1.44. The lowest BCUT2D eigenvalue weighted by molar-refractivity contribution is 0.0730. The number of amides is 1. The highest BCUT2D eigenvalue weighted by atomic mass is 32.2. The standard InChI is InChI=1S/C17H24N2O4S/c1-13-3-6-15(17(20)18(2)12-14-4-5-14)11-16(13)24(21,22)19-7-9-23-10-8-19/h3,6,11,14H,4-5,7-10,12H2,1-2H3. The van der Waals surface area contributed by atoms with Crippen molar-refractivity contribution < 1.29 is 17.9 Å². The molecule has 0 unspecified atom stereocenters. The minimum Gasteiger partial charge on any atom is -0.379 e. The number of nitrogens with zero attached hydrogens (tertiary/aromatic N) is 2. The molecule has 1 aromatic rings. The molecule has 0 atom stereocenters. The summed E-state index contributed by atoms with van der Waals surface area (Å²) in [5.41, 5.74) is 1.08. The third-order valence-corrected chi connectivity index (χ3v) is 6.64. The molecule has 7 heteroatoms. The van der Waals surface area contributed by atoms with Gasteiger partial charge in [0.15, 0.2) is 0 Å². The molecule has 1 saturated heterocycles. The molecule has 0 radical (unpaired) electrons. The molecule has 1 heterocycles. The fraction of sp³-hybridized carbons (Fsp3) is 0.588. The van der Waals surface area contributed by atoms with Gasteiger partial charge in [-0.2, -0.15) is 4.31 Å². The zero-order valence-corrected chi connectivity index (χ0v) is 15.0. The van der Waals surface area contributed by atoms with Crippen molar-refractivity contribution in [2.75, 3.05) is 39.9 Å². The van der Waals surface area contributed by atoms with E-state index in [2.05, 4.69) is 0 Å². The smallest absolute Gasteiger partial charge is 0.253 e. The molecule has 1 aromatic carbocycles. The Labute approximate surface area is 143 Å². The number of hydrogen-bond acceptors (Lipinski definition) is 4. The normalized spacial score (nSPS) is 19.2. The number of carbonyl (C=O) groups is 1. The second kappa shape index (κ2) is 6.82. The fourth-order valence-corrected chi connectivity index (χ4v) is 4.59. The van der Waals surface area contributed by atoms with E-state index in [1.807, 2.05) is 0 Å². The van der Waals surface area contributed by atoms with Gasteiger partial charge in [0.2, 0.25) is 10.0 Å². The first-order valence-electron chi connectivity index (χ1n) is 8.33. The summed E-state index contributed by atoms with van der Waals surface area (Å²) in [5.74, 6) is 0.473. The number of benzene rings is 1. The molecule has 1 aliphatic carbocycles. The van der Waals surface area contributed by atoms with E-state index in [9.17, 15) is 13.2 Å². The van der Waals surface area contributed by atoms with E-state index in [4.69, 9.17) is 4.74 Å². The number of rotatable bonds is 5. The number of ether oxygens (including phenoxy) is 1. The van der Waals surface area contributed by atoms with Crippen LogP contribution < -0.4 is 0 Å². The van der Waals surface area contributed by atoms with Crippen molar-refractivity contribution >= 4 is 15.9 Å². The number of aryl methyl sites for hydroxylation is 1. The van der Waals surface area contributed by atoms with Gasteiger partial charge in [0.05, 0.1) is 18.1 Å². The lowest BCUT2D eigenvalue weighted by Crippen LogP contribution is -2.41. The van der Waals surface area contributed by atoms with Crippen LogP contribution in [0.25, 0.3) is 0 Å². The molecule has 6 nitrogen and oxygen atoms in total. The maximum absolute atomic E-state index is 12.9. The lowest BCUT2D eigenvalue weighted by Gasteiger charge is -2.27. The largest absolute Gasteiger partial charge is 0.379 e. The van der Waals surface area contributed by atoms with Crippen LogP contribution in [0.1, 0.15) is 28.8 Å². The summed E-state index contributed by atoms with van der Waals surface area (Å²) in [7, 11) is -1.83. The van der Waals surface area contributed by atoms with E-state index >= 15 is 0 Å². The Kier molecular flexibility index (Phi) is 4.94. The summed E-state index contributed by atoms with van der Waals surface area (Å²) in [6.45, 7) is 4.00. The topological polar surface area (TPSA) is 66.9 Å². The van der Waals surface area contributed by atoms with Gasteiger partial charge in [-0.25, -0.2) is 8.42 Å². The summed E-state index contributed by atoms with van der Waals surface area (Å²) in [6, 6.07) is 4.94. The predicted molar refractivity (Wildman–Crippen MR) is 90.4 cm³/mol. The van der Waals surface area contributed by atoms with Crippen molar-refractivity contribution in [3.05, 3.63) is 29.3 Å². The van der Waals surface area contributed by atoms with Crippen molar-refractivity contribution in [3.63, 3.8) is 0 Å². The number of sulfonamides is 1. The van der Waals surface area contributed by atoms with Crippen molar-refractivity contribution in [2.45, 2.75) is 24.7 Å². The molecular weight excluding hydrogens is 328 g/mol. The molecule has 132 valence electrons. The first-order chi connectivity index (χ1) is 11.4. The Morgan fingerprint density at radius 1 is 1.29 bits per heavy atom. The fourth-order valence-electron chi connectivity index (χ4n) is 2.93. The Morgan fingerprint density at radius 2 is 1.96 bits per heavy atom. The molecular formula is C17H24N2O4S. The highest BCUT2D eigenvalue weighted by Gasteiger charge is 2.29. The van der Waals surface area contributed by atoms with Gasteiger partial charge in [-0.05, 0) is 43.4 Å². The maximum atomic E-state index is 12.9. The van der Waals surface area contributed by atoms with Gasteiger partial charge in [-0.3, -0.25) is 4.79 Å². The van der Waals surface area contributed by atoms with Gasteiger partial charge in [-0.1, -0.05) is 6.07 Å². The second-order valence-electron chi connectivity index (χ2n) is 6.63. The lowest BCUT2D eigenvalue weighted by atomic mass is 10.1. The third-order valence-electron chi connectivity index (χ3n) is 4.60. The minimum absolute atomic E-state index is 0.125. The average molecular weight is 352 g/mol. The molecule has 24 heavy (non-hydrogen) atoms. The van der Waals surface area contributed by atoms with E-state index in [1.165, 1.54) is 23.2 Å². The molecule has 0 N–H and O–H groups in total. The summed E-state index contributed by atoms with van der Waals surface area (Å²) >= 11 is 0. The molecule has 1 amide bonds. The first-order valence-corrected chi connectivity index (χ1v) is 9.77. The zero-order chi connectivity index (χ0) is 17.3. The molecule has 1 aliphatic heterocycles. The van der Waals surface area contributed by atoms with Gasteiger partial charge in [0.1, 0.15) is 0 Å². The summed E-state index contributed by atoms with van der Waals surface area (Å²) in [4.78, 5) is 14.5. The van der Waals surface area contributed by atoms with Gasteiger partial charge in [0.25, 0.3) is 5.91 Å². The Morgan fingerprint density at radius 3 is 2.58 bits per heavy atom. The maximum Gasteiger partial charge on any atom is 0.253 e. The van der Waals surface area contributed by atoms with Crippen LogP contribution in [-0.4, -0.2) is 63.4 Å². The minimum atomic E-state index is -3.60. The summed E-state index contributed by atoms with van der Waals surface area (Å²) in [5, 5.41) is 0. The predicted octanol–water partition coefficient (Wildman–Crippen LogP) is 1.50. The Balaban J connectivity index is 1.86. The van der Waals surface area contributed by atoms with E-state index < -0.39 is 10.0 Å². The summed E-state index contributed by atoms with van der Waals surface area (Å²) < 4.78 is 32.4. The third kappa shape index (κ3) is 3.63. The zero-order valence-electron chi connectivity index (χ0n) is 14.2.